The molecule has 55 heavy (non-hydrogen) atoms. The van der Waals surface area contributed by atoms with Crippen molar-refractivity contribution in [1.29, 1.82) is 0 Å². The first-order chi connectivity index (χ1) is 27.1. The van der Waals surface area contributed by atoms with E-state index in [2.05, 4.69) is 132 Å². The molecule has 0 saturated heterocycles. The maximum atomic E-state index is 6.75. The Kier molecular flexibility index (Phi) is 8.73. The van der Waals surface area contributed by atoms with E-state index < -0.39 is 0 Å². The standard InChI is InChI=1S/C50H38N2O3/c1-4-18-34(3)53-47-33-17-28-42(50(47)51(36-21-7-6-8-22-36)39-25-12-9-20-35(39)19-5-2)52(40-26-15-31-45-48(40)37-23-10-13-29-43(37)54-45)41-27-16-32-46-49(41)38-24-11-14-30-44(38)55-46/h4-33H,3H2,1-2H3/b18-4-,19-5+. The first-order valence-electron chi connectivity index (χ1n) is 18.4. The average Bonchev–Trinajstić information content (AvgIpc) is 3.80. The van der Waals surface area contributed by atoms with Crippen molar-refractivity contribution >= 4 is 84.1 Å². The molecule has 9 aromatic rings. The molecule has 2 heterocycles. The second kappa shape index (κ2) is 14.3. The van der Waals surface area contributed by atoms with Crippen LogP contribution in [0.25, 0.3) is 50.0 Å². The highest BCUT2D eigenvalue weighted by Gasteiger charge is 2.30. The average molecular weight is 715 g/mol. The molecule has 7 aromatic carbocycles. The molecule has 0 aliphatic heterocycles. The van der Waals surface area contributed by atoms with E-state index in [1.54, 1.807) is 0 Å². The Hall–Kier alpha value is -7.24. The van der Waals surface area contributed by atoms with E-state index in [1.165, 1.54) is 0 Å². The summed E-state index contributed by atoms with van der Waals surface area (Å²) in [7, 11) is 0. The van der Waals surface area contributed by atoms with E-state index in [0.717, 1.165) is 83.6 Å². The lowest BCUT2D eigenvalue weighted by Crippen LogP contribution is -2.19. The van der Waals surface area contributed by atoms with Gasteiger partial charge in [-0.3, -0.25) is 0 Å². The topological polar surface area (TPSA) is 42.0 Å². The van der Waals surface area contributed by atoms with Crippen LogP contribution in [0.4, 0.5) is 34.1 Å². The van der Waals surface area contributed by atoms with Gasteiger partial charge in [0.25, 0.3) is 0 Å². The van der Waals surface area contributed by atoms with Gasteiger partial charge in [0.05, 0.1) is 33.5 Å². The van der Waals surface area contributed by atoms with Gasteiger partial charge in [0, 0.05) is 16.5 Å². The van der Waals surface area contributed by atoms with E-state index >= 15 is 0 Å². The summed E-state index contributed by atoms with van der Waals surface area (Å²) in [6.45, 7) is 8.29. The van der Waals surface area contributed by atoms with Crippen LogP contribution in [0.1, 0.15) is 19.4 Å². The molecule has 0 unspecified atom stereocenters. The Labute approximate surface area is 319 Å². The fraction of sp³-hybridized carbons (Fsp3) is 0.0400. The van der Waals surface area contributed by atoms with Gasteiger partial charge in [-0.25, -0.2) is 0 Å². The number of anilines is 6. The zero-order valence-corrected chi connectivity index (χ0v) is 30.6. The van der Waals surface area contributed by atoms with Gasteiger partial charge in [0.2, 0.25) is 0 Å². The van der Waals surface area contributed by atoms with Crippen LogP contribution in [0, 0.1) is 0 Å². The first kappa shape index (κ1) is 33.6. The van der Waals surface area contributed by atoms with Crippen LogP contribution in [0.15, 0.2) is 197 Å². The van der Waals surface area contributed by atoms with Crippen molar-refractivity contribution in [2.75, 3.05) is 9.80 Å². The third-order valence-electron chi connectivity index (χ3n) is 9.82. The van der Waals surface area contributed by atoms with Gasteiger partial charge < -0.3 is 23.4 Å². The van der Waals surface area contributed by atoms with Gasteiger partial charge in [0.1, 0.15) is 33.8 Å². The molecule has 0 bridgehead atoms. The van der Waals surface area contributed by atoms with Crippen molar-refractivity contribution in [3.63, 3.8) is 0 Å². The van der Waals surface area contributed by atoms with Gasteiger partial charge in [-0.2, -0.15) is 0 Å². The molecular weight excluding hydrogens is 677 g/mol. The SMILES string of the molecule is C=C(/C=C\C)Oc1cccc(N(c2cccc3oc4ccccc4c23)c2cccc3oc4ccccc4c23)c1N(c1ccccc1)c1ccccc1/C=C/C. The zero-order valence-electron chi connectivity index (χ0n) is 30.6. The molecule has 9 rings (SSSR count). The maximum absolute atomic E-state index is 6.75. The molecule has 0 spiro atoms. The molecule has 0 aliphatic rings. The molecule has 0 atom stereocenters. The largest absolute Gasteiger partial charge is 0.456 e. The van der Waals surface area contributed by atoms with Crippen LogP contribution in [0.5, 0.6) is 5.75 Å². The number of nitrogens with zero attached hydrogens (tertiary/aromatic N) is 2. The van der Waals surface area contributed by atoms with Crippen molar-refractivity contribution in [3.8, 4) is 5.75 Å². The van der Waals surface area contributed by atoms with Gasteiger partial charge in [-0.15, -0.1) is 0 Å². The lowest BCUT2D eigenvalue weighted by atomic mass is 10.0. The van der Waals surface area contributed by atoms with Gasteiger partial charge in [-0.05, 0) is 92.2 Å². The summed E-state index contributed by atoms with van der Waals surface area (Å²) < 4.78 is 19.8. The minimum atomic E-state index is 0.521. The van der Waals surface area contributed by atoms with Crippen molar-refractivity contribution < 1.29 is 13.6 Å². The van der Waals surface area contributed by atoms with E-state index in [9.17, 15) is 0 Å². The van der Waals surface area contributed by atoms with E-state index in [-0.39, 0.29) is 0 Å². The van der Waals surface area contributed by atoms with Crippen LogP contribution >= 0.6 is 0 Å². The Morgan fingerprint density at radius 3 is 1.67 bits per heavy atom. The van der Waals surface area contributed by atoms with Gasteiger partial charge in [-0.1, -0.05) is 116 Å². The summed E-state index contributed by atoms with van der Waals surface area (Å²) in [6, 6.07) is 54.1. The van der Waals surface area contributed by atoms with Crippen LogP contribution in [-0.2, 0) is 0 Å². The number of fused-ring (bicyclic) bond motifs is 6. The molecule has 266 valence electrons. The van der Waals surface area contributed by atoms with Crippen molar-refractivity contribution in [1.82, 2.24) is 0 Å². The fourth-order valence-electron chi connectivity index (χ4n) is 7.61. The molecule has 0 aliphatic carbocycles. The Morgan fingerprint density at radius 1 is 0.509 bits per heavy atom. The summed E-state index contributed by atoms with van der Waals surface area (Å²) in [5.41, 5.74) is 9.83. The molecule has 5 nitrogen and oxygen atoms in total. The van der Waals surface area contributed by atoms with Crippen molar-refractivity contribution in [2.24, 2.45) is 0 Å². The summed E-state index contributed by atoms with van der Waals surface area (Å²) in [4.78, 5) is 4.63. The van der Waals surface area contributed by atoms with E-state index in [0.29, 0.717) is 11.5 Å². The second-order valence-corrected chi connectivity index (χ2v) is 13.3. The maximum Gasteiger partial charge on any atom is 0.153 e. The number of rotatable bonds is 10. The quantitative estimate of drug-likeness (QED) is 0.104. The van der Waals surface area contributed by atoms with Crippen LogP contribution in [-0.4, -0.2) is 0 Å². The summed E-state index contributed by atoms with van der Waals surface area (Å²) in [5, 5.41) is 4.05. The first-order valence-corrected chi connectivity index (χ1v) is 18.4. The third kappa shape index (κ3) is 5.92. The Morgan fingerprint density at radius 2 is 1.04 bits per heavy atom. The molecule has 0 amide bonds. The lowest BCUT2D eigenvalue weighted by Gasteiger charge is -2.35. The summed E-state index contributed by atoms with van der Waals surface area (Å²) in [6.07, 6.45) is 8.03. The molecule has 5 heteroatoms. The minimum absolute atomic E-state index is 0.521. The van der Waals surface area contributed by atoms with Crippen molar-refractivity contribution in [2.45, 2.75) is 13.8 Å². The molecule has 0 N–H and O–H groups in total. The van der Waals surface area contributed by atoms with Gasteiger partial charge in [0.15, 0.2) is 5.75 Å². The molecular formula is C50H38N2O3. The van der Waals surface area contributed by atoms with E-state index in [1.807, 2.05) is 80.6 Å². The predicted octanol–water partition coefficient (Wildman–Crippen LogP) is 14.9. The Balaban J connectivity index is 1.45. The Bertz CT molecular complexity index is 2800. The predicted molar refractivity (Wildman–Crippen MR) is 230 cm³/mol. The number of allylic oxidation sites excluding steroid dienone is 3. The molecule has 2 aromatic heterocycles. The number of hydrogen-bond acceptors (Lipinski definition) is 5. The molecule has 0 saturated carbocycles. The molecule has 0 fully saturated rings. The summed E-state index contributed by atoms with van der Waals surface area (Å²) >= 11 is 0. The summed E-state index contributed by atoms with van der Waals surface area (Å²) in [5.74, 6) is 1.16. The number of benzene rings is 7. The zero-order chi connectivity index (χ0) is 37.3. The van der Waals surface area contributed by atoms with Crippen LogP contribution < -0.4 is 14.5 Å². The van der Waals surface area contributed by atoms with Crippen molar-refractivity contribution in [3.05, 3.63) is 194 Å². The second-order valence-electron chi connectivity index (χ2n) is 13.3. The smallest absolute Gasteiger partial charge is 0.153 e. The monoisotopic (exact) mass is 714 g/mol. The number of para-hydroxylation sites is 5. The normalized spacial score (nSPS) is 11.7. The number of furan rings is 2. The molecule has 0 radical (unpaired) electrons. The van der Waals surface area contributed by atoms with Gasteiger partial charge >= 0.3 is 0 Å². The number of ether oxygens (including phenoxy) is 1. The lowest BCUT2D eigenvalue weighted by molar-refractivity contribution is 0.448. The highest BCUT2D eigenvalue weighted by Crippen LogP contribution is 2.54. The third-order valence-corrected chi connectivity index (χ3v) is 9.82. The van der Waals surface area contributed by atoms with Crippen LogP contribution in [0.3, 0.4) is 0 Å². The van der Waals surface area contributed by atoms with E-state index in [4.69, 9.17) is 13.6 Å². The minimum Gasteiger partial charge on any atom is -0.456 e. The fourth-order valence-corrected chi connectivity index (χ4v) is 7.61. The highest BCUT2D eigenvalue weighted by molar-refractivity contribution is 6.18. The number of hydrogen-bond donors (Lipinski definition) is 0. The van der Waals surface area contributed by atoms with Crippen LogP contribution in [0.2, 0.25) is 0 Å². The highest BCUT2D eigenvalue weighted by atomic mass is 16.5.